The van der Waals surface area contributed by atoms with Gasteiger partial charge in [0.1, 0.15) is 4.90 Å². The topological polar surface area (TPSA) is 101 Å². The summed E-state index contributed by atoms with van der Waals surface area (Å²) >= 11 is 6.40. The molecule has 0 bridgehead atoms. The summed E-state index contributed by atoms with van der Waals surface area (Å²) in [5, 5.41) is 2.63. The van der Waals surface area contributed by atoms with Crippen molar-refractivity contribution < 1.29 is 13.2 Å². The fraction of sp³-hybridized carbons (Fsp3) is 0.417. The molecule has 0 aliphatic rings. The Hall–Kier alpha value is -0.640. The van der Waals surface area contributed by atoms with E-state index in [0.29, 0.717) is 15.5 Å². The third-order valence-corrected chi connectivity index (χ3v) is 5.58. The monoisotopic (exact) mass is 441 g/mol. The lowest BCUT2D eigenvalue weighted by Crippen LogP contribution is -2.45. The van der Waals surface area contributed by atoms with Gasteiger partial charge in [-0.15, -0.1) is 0 Å². The summed E-state index contributed by atoms with van der Waals surface area (Å²) in [7, 11) is -3.91. The second kappa shape index (κ2) is 7.57. The maximum Gasteiger partial charge on any atom is 0.244 e. The zero-order valence-corrected chi connectivity index (χ0v) is 15.6. The smallest absolute Gasteiger partial charge is 0.244 e. The summed E-state index contributed by atoms with van der Waals surface area (Å²) in [6.07, 6.45) is 0.774. The number of sulfonamides is 1. The lowest BCUT2D eigenvalue weighted by molar-refractivity contribution is -0.122. The summed E-state index contributed by atoms with van der Waals surface area (Å²) in [6, 6.07) is 2.17. The van der Waals surface area contributed by atoms with E-state index in [2.05, 4.69) is 41.9 Å². The Bertz CT molecular complexity index is 612. The van der Waals surface area contributed by atoms with Crippen LogP contribution in [0.3, 0.4) is 0 Å². The standard InChI is InChI=1S/C12H17Br2N3O3S/c1-3-4-16-12(18)7(2)17-21(19,20)11-9(14)5-8(13)6-10(11)15/h5-7,17H,3-4,15H2,1-2H3,(H,16,18). The van der Waals surface area contributed by atoms with Gasteiger partial charge in [0.2, 0.25) is 15.9 Å². The Morgan fingerprint density at radius 3 is 2.52 bits per heavy atom. The molecule has 0 aromatic heterocycles. The average molecular weight is 443 g/mol. The number of hydrogen-bond donors (Lipinski definition) is 3. The molecule has 6 nitrogen and oxygen atoms in total. The highest BCUT2D eigenvalue weighted by Crippen LogP contribution is 2.31. The van der Waals surface area contributed by atoms with Crippen LogP contribution >= 0.6 is 31.9 Å². The summed E-state index contributed by atoms with van der Waals surface area (Å²) in [4.78, 5) is 11.7. The van der Waals surface area contributed by atoms with E-state index in [1.807, 2.05) is 6.92 Å². The molecule has 4 N–H and O–H groups in total. The van der Waals surface area contributed by atoms with Gasteiger partial charge >= 0.3 is 0 Å². The first-order valence-corrected chi connectivity index (χ1v) is 9.30. The summed E-state index contributed by atoms with van der Waals surface area (Å²) in [6.45, 7) is 3.88. The molecule has 1 unspecified atom stereocenters. The molecule has 0 fully saturated rings. The quantitative estimate of drug-likeness (QED) is 0.586. The summed E-state index contributed by atoms with van der Waals surface area (Å²) in [5.74, 6) is -0.382. The van der Waals surface area contributed by atoms with E-state index in [-0.39, 0.29) is 16.5 Å². The van der Waals surface area contributed by atoms with Crippen molar-refractivity contribution in [2.24, 2.45) is 0 Å². The van der Waals surface area contributed by atoms with Crippen molar-refractivity contribution in [1.29, 1.82) is 0 Å². The van der Waals surface area contributed by atoms with Crippen LogP contribution in [0.2, 0.25) is 0 Å². The van der Waals surface area contributed by atoms with Crippen LogP contribution in [-0.2, 0) is 14.8 Å². The van der Waals surface area contributed by atoms with Gasteiger partial charge in [-0.2, -0.15) is 4.72 Å². The van der Waals surface area contributed by atoms with Crippen molar-refractivity contribution in [2.75, 3.05) is 12.3 Å². The van der Waals surface area contributed by atoms with Crippen molar-refractivity contribution >= 4 is 53.5 Å². The van der Waals surface area contributed by atoms with E-state index in [0.717, 1.165) is 6.42 Å². The first-order chi connectivity index (χ1) is 9.69. The third-order valence-electron chi connectivity index (χ3n) is 2.58. The maximum absolute atomic E-state index is 12.4. The number of carbonyl (C=O) groups is 1. The molecule has 1 amide bonds. The normalized spacial score (nSPS) is 13.0. The van der Waals surface area contributed by atoms with Crippen molar-refractivity contribution in [3.63, 3.8) is 0 Å². The Morgan fingerprint density at radius 1 is 1.38 bits per heavy atom. The SMILES string of the molecule is CCCNC(=O)C(C)NS(=O)(=O)c1c(N)cc(Br)cc1Br. The Balaban J connectivity index is 3.00. The minimum Gasteiger partial charge on any atom is -0.398 e. The minimum atomic E-state index is -3.91. The van der Waals surface area contributed by atoms with Crippen LogP contribution in [0.25, 0.3) is 0 Å². The number of nitrogens with one attached hydrogen (secondary N) is 2. The van der Waals surface area contributed by atoms with Crippen LogP contribution in [-0.4, -0.2) is 26.9 Å². The molecule has 0 saturated carbocycles. The Morgan fingerprint density at radius 2 is 2.00 bits per heavy atom. The number of hydrogen-bond acceptors (Lipinski definition) is 4. The lowest BCUT2D eigenvalue weighted by Gasteiger charge is -2.16. The van der Waals surface area contributed by atoms with Gasteiger partial charge < -0.3 is 11.1 Å². The Kier molecular flexibility index (Phi) is 6.64. The number of carbonyl (C=O) groups excluding carboxylic acids is 1. The van der Waals surface area contributed by atoms with Gasteiger partial charge in [0.15, 0.2) is 0 Å². The molecule has 9 heteroatoms. The fourth-order valence-corrected chi connectivity index (χ4v) is 4.88. The molecule has 0 aliphatic heterocycles. The highest BCUT2D eigenvalue weighted by Gasteiger charge is 2.26. The predicted octanol–water partition coefficient (Wildman–Crippen LogP) is 1.99. The third kappa shape index (κ3) is 4.94. The Labute approximate surface area is 141 Å². The van der Waals surface area contributed by atoms with Gasteiger partial charge in [0.25, 0.3) is 0 Å². The van der Waals surface area contributed by atoms with Crippen LogP contribution in [0.5, 0.6) is 0 Å². The number of nitrogens with two attached hydrogens (primary N) is 1. The van der Waals surface area contributed by atoms with Crippen molar-refractivity contribution in [3.05, 3.63) is 21.1 Å². The van der Waals surface area contributed by atoms with Gasteiger partial charge in [-0.05, 0) is 41.4 Å². The zero-order chi connectivity index (χ0) is 16.2. The largest absolute Gasteiger partial charge is 0.398 e. The molecule has 118 valence electrons. The van der Waals surface area contributed by atoms with Gasteiger partial charge in [-0.25, -0.2) is 8.42 Å². The second-order valence-corrected chi connectivity index (χ2v) is 7.86. The molecule has 1 aromatic carbocycles. The summed E-state index contributed by atoms with van der Waals surface area (Å²) < 4.78 is 28.0. The van der Waals surface area contributed by atoms with Crippen LogP contribution in [0.1, 0.15) is 20.3 Å². The number of nitrogen functional groups attached to an aromatic ring is 1. The first-order valence-electron chi connectivity index (χ1n) is 6.23. The molecule has 0 saturated heterocycles. The number of halogens is 2. The number of rotatable bonds is 6. The number of benzene rings is 1. The van der Waals surface area contributed by atoms with E-state index >= 15 is 0 Å². The minimum absolute atomic E-state index is 0.0826. The zero-order valence-electron chi connectivity index (χ0n) is 11.6. The molecular formula is C12H17Br2N3O3S. The fourth-order valence-electron chi connectivity index (χ4n) is 1.61. The number of anilines is 1. The van der Waals surface area contributed by atoms with Crippen LogP contribution in [0.15, 0.2) is 26.0 Å². The molecule has 1 atom stereocenters. The number of amides is 1. The predicted molar refractivity (Wildman–Crippen MR) is 89.3 cm³/mol. The molecule has 0 radical (unpaired) electrons. The molecule has 0 aliphatic carbocycles. The van der Waals surface area contributed by atoms with E-state index in [4.69, 9.17) is 5.73 Å². The molecule has 0 spiro atoms. The second-order valence-electron chi connectivity index (χ2n) is 4.44. The van der Waals surface area contributed by atoms with Crippen LogP contribution in [0, 0.1) is 0 Å². The lowest BCUT2D eigenvalue weighted by atomic mass is 10.3. The van der Waals surface area contributed by atoms with Crippen molar-refractivity contribution in [3.8, 4) is 0 Å². The van der Waals surface area contributed by atoms with Crippen LogP contribution < -0.4 is 15.8 Å². The van der Waals surface area contributed by atoms with Crippen LogP contribution in [0.4, 0.5) is 5.69 Å². The van der Waals surface area contributed by atoms with Crippen molar-refractivity contribution in [1.82, 2.24) is 10.0 Å². The molecule has 21 heavy (non-hydrogen) atoms. The van der Waals surface area contributed by atoms with E-state index < -0.39 is 16.1 Å². The molecule has 0 heterocycles. The maximum atomic E-state index is 12.4. The van der Waals surface area contributed by atoms with Gasteiger partial charge in [-0.3, -0.25) is 4.79 Å². The summed E-state index contributed by atoms with van der Waals surface area (Å²) in [5.41, 5.74) is 5.85. The molecular weight excluding hydrogens is 426 g/mol. The van der Waals surface area contributed by atoms with E-state index in [1.165, 1.54) is 13.0 Å². The first kappa shape index (κ1) is 18.4. The average Bonchev–Trinajstić information content (AvgIpc) is 2.33. The van der Waals surface area contributed by atoms with E-state index in [1.54, 1.807) is 6.07 Å². The van der Waals surface area contributed by atoms with Crippen molar-refractivity contribution in [2.45, 2.75) is 31.2 Å². The highest BCUT2D eigenvalue weighted by molar-refractivity contribution is 9.11. The van der Waals surface area contributed by atoms with Gasteiger partial charge in [-0.1, -0.05) is 22.9 Å². The molecule has 1 aromatic rings. The van der Waals surface area contributed by atoms with Gasteiger partial charge in [0.05, 0.1) is 11.7 Å². The van der Waals surface area contributed by atoms with E-state index in [9.17, 15) is 13.2 Å². The highest BCUT2D eigenvalue weighted by atomic mass is 79.9. The molecule has 1 rings (SSSR count). The van der Waals surface area contributed by atoms with Gasteiger partial charge in [0, 0.05) is 15.5 Å².